The third kappa shape index (κ3) is 2.72. The average molecular weight is 281 g/mol. The van der Waals surface area contributed by atoms with Crippen LogP contribution in [0, 0.1) is 5.82 Å². The van der Waals surface area contributed by atoms with Crippen LogP contribution in [0.2, 0.25) is 0 Å². The van der Waals surface area contributed by atoms with E-state index in [9.17, 15) is 9.18 Å². The Labute approximate surface area is 115 Å². The topological polar surface area (TPSA) is 96.9 Å². The first-order valence-corrected chi connectivity index (χ1v) is 6.19. The average Bonchev–Trinajstić information content (AvgIpc) is 2.88. The van der Waals surface area contributed by atoms with Gasteiger partial charge in [0.15, 0.2) is 5.84 Å². The van der Waals surface area contributed by atoms with Gasteiger partial charge in [0, 0.05) is 12.3 Å². The van der Waals surface area contributed by atoms with Crippen LogP contribution in [-0.2, 0) is 9.53 Å². The number of oxime groups is 1. The number of halogens is 1. The zero-order valence-corrected chi connectivity index (χ0v) is 11.0. The van der Waals surface area contributed by atoms with Crippen molar-refractivity contribution in [3.05, 3.63) is 29.6 Å². The number of carbonyl (C=O) groups is 1. The molecule has 1 heterocycles. The third-order valence-electron chi connectivity index (χ3n) is 3.31. The van der Waals surface area contributed by atoms with Gasteiger partial charge in [-0.3, -0.25) is 4.79 Å². The van der Waals surface area contributed by atoms with E-state index in [4.69, 9.17) is 15.7 Å². The molecule has 7 heteroatoms. The van der Waals surface area contributed by atoms with Gasteiger partial charge in [0.2, 0.25) is 0 Å². The second-order valence-electron chi connectivity index (χ2n) is 4.82. The summed E-state index contributed by atoms with van der Waals surface area (Å²) in [5.41, 5.74) is 4.77. The molecule has 1 saturated heterocycles. The van der Waals surface area contributed by atoms with Crippen molar-refractivity contribution < 1.29 is 19.1 Å². The highest BCUT2D eigenvalue weighted by molar-refractivity contribution is 6.01. The van der Waals surface area contributed by atoms with E-state index in [1.54, 1.807) is 6.92 Å². The van der Waals surface area contributed by atoms with Gasteiger partial charge in [-0.2, -0.15) is 0 Å². The fourth-order valence-corrected chi connectivity index (χ4v) is 2.07. The molecule has 1 amide bonds. The Balaban J connectivity index is 2.20. The zero-order chi connectivity index (χ0) is 14.8. The second-order valence-corrected chi connectivity index (χ2v) is 4.82. The van der Waals surface area contributed by atoms with Crippen LogP contribution in [0.3, 0.4) is 0 Å². The number of amidine groups is 1. The molecule has 6 nitrogen and oxygen atoms in total. The van der Waals surface area contributed by atoms with E-state index in [0.29, 0.717) is 18.7 Å². The Morgan fingerprint density at radius 1 is 1.60 bits per heavy atom. The minimum Gasteiger partial charge on any atom is -0.409 e. The Kier molecular flexibility index (Phi) is 3.89. The molecule has 1 aromatic carbocycles. The van der Waals surface area contributed by atoms with E-state index in [1.165, 1.54) is 12.1 Å². The third-order valence-corrected chi connectivity index (χ3v) is 3.31. The normalized spacial score (nSPS) is 22.8. The van der Waals surface area contributed by atoms with Crippen molar-refractivity contribution in [1.29, 1.82) is 0 Å². The van der Waals surface area contributed by atoms with Crippen molar-refractivity contribution in [3.63, 3.8) is 0 Å². The lowest BCUT2D eigenvalue weighted by atomic mass is 10.0. The summed E-state index contributed by atoms with van der Waals surface area (Å²) in [5.74, 6) is -1.30. The lowest BCUT2D eigenvalue weighted by molar-refractivity contribution is -0.133. The van der Waals surface area contributed by atoms with Gasteiger partial charge in [-0.15, -0.1) is 0 Å². The number of anilines is 1. The number of benzene rings is 1. The molecule has 1 aromatic rings. The summed E-state index contributed by atoms with van der Waals surface area (Å²) in [6.07, 6.45) is 1.45. The summed E-state index contributed by atoms with van der Waals surface area (Å²) in [6, 6.07) is 3.85. The van der Waals surface area contributed by atoms with E-state index in [1.807, 2.05) is 0 Å². The number of nitrogens with one attached hydrogen (secondary N) is 1. The predicted molar refractivity (Wildman–Crippen MR) is 71.1 cm³/mol. The van der Waals surface area contributed by atoms with Gasteiger partial charge in [0.1, 0.15) is 11.4 Å². The van der Waals surface area contributed by atoms with Crippen LogP contribution < -0.4 is 11.1 Å². The number of hydrogen-bond acceptors (Lipinski definition) is 4. The molecule has 2 rings (SSSR count). The van der Waals surface area contributed by atoms with Crippen molar-refractivity contribution in [3.8, 4) is 0 Å². The fraction of sp³-hybridized carbons (Fsp3) is 0.385. The molecule has 1 aliphatic heterocycles. The van der Waals surface area contributed by atoms with Crippen molar-refractivity contribution in [2.45, 2.75) is 25.4 Å². The van der Waals surface area contributed by atoms with Crippen LogP contribution in [0.15, 0.2) is 23.4 Å². The Morgan fingerprint density at radius 2 is 2.35 bits per heavy atom. The minimum atomic E-state index is -0.870. The second kappa shape index (κ2) is 5.46. The first-order valence-electron chi connectivity index (χ1n) is 6.19. The van der Waals surface area contributed by atoms with Gasteiger partial charge in [-0.25, -0.2) is 4.39 Å². The molecule has 0 radical (unpaired) electrons. The van der Waals surface area contributed by atoms with Gasteiger partial charge in [-0.1, -0.05) is 5.16 Å². The SMILES string of the molecule is CC1(C(=O)Nc2ccc(F)c(/C(N)=N/O)c2)CCCO1. The number of rotatable bonds is 3. The van der Waals surface area contributed by atoms with Crippen molar-refractivity contribution in [2.75, 3.05) is 11.9 Å². The number of ether oxygens (including phenoxy) is 1. The Bertz CT molecular complexity index is 554. The van der Waals surface area contributed by atoms with Gasteiger partial charge in [0.05, 0.1) is 5.56 Å². The molecule has 0 spiro atoms. The Hall–Kier alpha value is -2.15. The number of carbonyl (C=O) groups excluding carboxylic acids is 1. The van der Waals surface area contributed by atoms with E-state index >= 15 is 0 Å². The first kappa shape index (κ1) is 14.3. The van der Waals surface area contributed by atoms with Crippen LogP contribution in [0.4, 0.5) is 10.1 Å². The maximum absolute atomic E-state index is 13.5. The molecule has 4 N–H and O–H groups in total. The molecule has 0 aromatic heterocycles. The maximum Gasteiger partial charge on any atom is 0.256 e. The van der Waals surface area contributed by atoms with E-state index in [0.717, 1.165) is 12.5 Å². The van der Waals surface area contributed by atoms with Crippen LogP contribution in [0.5, 0.6) is 0 Å². The molecule has 0 bridgehead atoms. The molecule has 108 valence electrons. The maximum atomic E-state index is 13.5. The summed E-state index contributed by atoms with van der Waals surface area (Å²) >= 11 is 0. The highest BCUT2D eigenvalue weighted by atomic mass is 19.1. The van der Waals surface area contributed by atoms with Gasteiger partial charge >= 0.3 is 0 Å². The molecular formula is C13H16FN3O3. The number of hydrogen-bond donors (Lipinski definition) is 3. The summed E-state index contributed by atoms with van der Waals surface area (Å²) in [6.45, 7) is 2.26. The largest absolute Gasteiger partial charge is 0.409 e. The number of nitrogens with zero attached hydrogens (tertiary/aromatic N) is 1. The Morgan fingerprint density at radius 3 is 2.95 bits per heavy atom. The summed E-state index contributed by atoms with van der Waals surface area (Å²) in [7, 11) is 0. The van der Waals surface area contributed by atoms with Gasteiger partial charge < -0.3 is 21.0 Å². The van der Waals surface area contributed by atoms with E-state index < -0.39 is 11.4 Å². The van der Waals surface area contributed by atoms with Crippen LogP contribution in [0.25, 0.3) is 0 Å². The van der Waals surface area contributed by atoms with Crippen LogP contribution in [0.1, 0.15) is 25.3 Å². The standard InChI is InChI=1S/C13H16FN3O3/c1-13(5-2-6-20-13)12(18)16-8-3-4-10(14)9(7-8)11(15)17-19/h3-4,7,19H,2,5-6H2,1H3,(H2,15,17)(H,16,18). The van der Waals surface area contributed by atoms with Gasteiger partial charge in [0.25, 0.3) is 5.91 Å². The quantitative estimate of drug-likeness (QED) is 0.338. The molecular weight excluding hydrogens is 265 g/mol. The van der Waals surface area contributed by atoms with Crippen LogP contribution in [-0.4, -0.2) is 29.2 Å². The lowest BCUT2D eigenvalue weighted by Gasteiger charge is -2.22. The van der Waals surface area contributed by atoms with Crippen LogP contribution >= 0.6 is 0 Å². The molecule has 1 atom stereocenters. The summed E-state index contributed by atoms with van der Waals surface area (Å²) in [5, 5.41) is 14.0. The lowest BCUT2D eigenvalue weighted by Crippen LogP contribution is -2.39. The predicted octanol–water partition coefficient (Wildman–Crippen LogP) is 1.43. The molecule has 1 unspecified atom stereocenters. The van der Waals surface area contributed by atoms with E-state index in [2.05, 4.69) is 10.5 Å². The van der Waals surface area contributed by atoms with E-state index in [-0.39, 0.29) is 17.3 Å². The first-order chi connectivity index (χ1) is 9.46. The summed E-state index contributed by atoms with van der Waals surface area (Å²) < 4.78 is 18.9. The highest BCUT2D eigenvalue weighted by Crippen LogP contribution is 2.27. The van der Waals surface area contributed by atoms with Crippen molar-refractivity contribution in [2.24, 2.45) is 10.9 Å². The van der Waals surface area contributed by atoms with Crippen molar-refractivity contribution in [1.82, 2.24) is 0 Å². The molecule has 0 saturated carbocycles. The monoisotopic (exact) mass is 281 g/mol. The molecule has 0 aliphatic carbocycles. The highest BCUT2D eigenvalue weighted by Gasteiger charge is 2.37. The summed E-state index contributed by atoms with van der Waals surface area (Å²) in [4.78, 5) is 12.1. The molecule has 1 fully saturated rings. The molecule has 20 heavy (non-hydrogen) atoms. The van der Waals surface area contributed by atoms with Gasteiger partial charge in [-0.05, 0) is 38.0 Å². The number of amides is 1. The smallest absolute Gasteiger partial charge is 0.256 e. The molecule has 1 aliphatic rings. The fourth-order valence-electron chi connectivity index (χ4n) is 2.07. The van der Waals surface area contributed by atoms with Crippen molar-refractivity contribution >= 4 is 17.4 Å². The number of nitrogens with two attached hydrogens (primary N) is 1. The zero-order valence-electron chi connectivity index (χ0n) is 11.0. The minimum absolute atomic E-state index is 0.0807.